The van der Waals surface area contributed by atoms with Gasteiger partial charge in [-0.25, -0.2) is 10.1 Å². The fraction of sp³-hybridized carbons (Fsp3) is 0.125. The number of phenolic OH excluding ortho intramolecular Hbond substituents is 1. The van der Waals surface area contributed by atoms with Crippen molar-refractivity contribution in [1.82, 2.24) is 20.4 Å². The Balaban J connectivity index is 1.72. The Morgan fingerprint density at radius 3 is 2.96 bits per heavy atom. The van der Waals surface area contributed by atoms with Gasteiger partial charge in [0.1, 0.15) is 11.3 Å². The Labute approximate surface area is 146 Å². The minimum atomic E-state index is -0.489. The number of hydrogen-bond acceptors (Lipinski definition) is 5. The molecule has 0 radical (unpaired) electrons. The van der Waals surface area contributed by atoms with Crippen LogP contribution in [0.2, 0.25) is 0 Å². The Hall–Kier alpha value is -2.74. The third-order valence-corrected chi connectivity index (χ3v) is 3.84. The molecule has 0 aliphatic heterocycles. The molecular weight excluding hydrogens is 374 g/mol. The van der Waals surface area contributed by atoms with Crippen LogP contribution in [0.5, 0.6) is 5.75 Å². The molecule has 1 amide bonds. The number of carbonyl (C=O) groups is 1. The van der Waals surface area contributed by atoms with Crippen LogP contribution < -0.4 is 5.43 Å². The van der Waals surface area contributed by atoms with Crippen molar-refractivity contribution in [3.05, 3.63) is 52.5 Å². The van der Waals surface area contributed by atoms with Crippen molar-refractivity contribution in [2.75, 3.05) is 0 Å². The highest BCUT2D eigenvalue weighted by Crippen LogP contribution is 2.21. The van der Waals surface area contributed by atoms with Gasteiger partial charge in [-0.1, -0.05) is 33.3 Å². The van der Waals surface area contributed by atoms with Crippen molar-refractivity contribution < 1.29 is 9.90 Å². The van der Waals surface area contributed by atoms with Gasteiger partial charge in [0.2, 0.25) is 0 Å². The van der Waals surface area contributed by atoms with E-state index in [1.54, 1.807) is 17.7 Å². The predicted molar refractivity (Wildman–Crippen MR) is 93.9 cm³/mol. The maximum Gasteiger partial charge on any atom is 0.275 e. The smallest absolute Gasteiger partial charge is 0.275 e. The molecule has 122 valence electrons. The summed E-state index contributed by atoms with van der Waals surface area (Å²) in [6.45, 7) is 2.17. The van der Waals surface area contributed by atoms with Crippen LogP contribution in [0.4, 0.5) is 0 Å². The van der Waals surface area contributed by atoms with Crippen molar-refractivity contribution >= 4 is 38.6 Å². The summed E-state index contributed by atoms with van der Waals surface area (Å²) in [5, 5.41) is 21.9. The topological polar surface area (TPSA) is 92.4 Å². The minimum absolute atomic E-state index is 0.106. The lowest BCUT2D eigenvalue weighted by Gasteiger charge is -2.05. The highest BCUT2D eigenvalue weighted by Gasteiger charge is 2.11. The van der Waals surface area contributed by atoms with Crippen molar-refractivity contribution in [1.29, 1.82) is 0 Å². The molecule has 0 saturated heterocycles. The molecule has 1 heterocycles. The summed E-state index contributed by atoms with van der Waals surface area (Å²) >= 11 is 3.26. The lowest BCUT2D eigenvalue weighted by Crippen LogP contribution is -2.21. The normalized spacial score (nSPS) is 11.7. The Bertz CT molecular complexity index is 935. The van der Waals surface area contributed by atoms with E-state index in [0.29, 0.717) is 16.7 Å². The standard InChI is InChI=1S/C16H14BrN5O2/c1-10(9-22-14-5-3-2-4-13(14)19-21-22)18-20-16(24)12-8-11(17)6-7-15(12)23/h2-8,23H,9H2,1H3,(H,20,24)/b18-10-. The van der Waals surface area contributed by atoms with E-state index in [2.05, 4.69) is 36.8 Å². The number of fused-ring (bicyclic) bond motifs is 1. The number of phenols is 1. The fourth-order valence-corrected chi connectivity index (χ4v) is 2.54. The number of hydrazone groups is 1. The molecule has 7 nitrogen and oxygen atoms in total. The van der Waals surface area contributed by atoms with Crippen LogP contribution in [0.3, 0.4) is 0 Å². The summed E-state index contributed by atoms with van der Waals surface area (Å²) < 4.78 is 2.40. The van der Waals surface area contributed by atoms with E-state index in [1.165, 1.54) is 12.1 Å². The Morgan fingerprint density at radius 2 is 2.12 bits per heavy atom. The second kappa shape index (κ2) is 6.79. The first-order valence-electron chi connectivity index (χ1n) is 7.15. The van der Waals surface area contributed by atoms with Crippen LogP contribution >= 0.6 is 15.9 Å². The fourth-order valence-electron chi connectivity index (χ4n) is 2.18. The second-order valence-corrected chi connectivity index (χ2v) is 6.10. The van der Waals surface area contributed by atoms with E-state index in [9.17, 15) is 9.90 Å². The number of carbonyl (C=O) groups excluding carboxylic acids is 1. The molecule has 0 saturated carbocycles. The predicted octanol–water partition coefficient (Wildman–Crippen LogP) is 2.71. The molecule has 0 aliphatic carbocycles. The monoisotopic (exact) mass is 387 g/mol. The summed E-state index contributed by atoms with van der Waals surface area (Å²) in [4.78, 5) is 12.1. The Kier molecular flexibility index (Phi) is 4.57. The van der Waals surface area contributed by atoms with Crippen molar-refractivity contribution in [2.45, 2.75) is 13.5 Å². The second-order valence-electron chi connectivity index (χ2n) is 5.19. The molecule has 2 aromatic carbocycles. The minimum Gasteiger partial charge on any atom is -0.507 e. The molecule has 0 fully saturated rings. The molecule has 0 aliphatic rings. The van der Waals surface area contributed by atoms with Gasteiger partial charge in [-0.15, -0.1) is 5.10 Å². The SMILES string of the molecule is C/C(Cn1nnc2ccccc21)=N/NC(=O)c1cc(Br)ccc1O. The van der Waals surface area contributed by atoms with Gasteiger partial charge in [0.15, 0.2) is 0 Å². The third-order valence-electron chi connectivity index (χ3n) is 3.35. The van der Waals surface area contributed by atoms with Crippen LogP contribution in [0.15, 0.2) is 52.0 Å². The highest BCUT2D eigenvalue weighted by molar-refractivity contribution is 9.10. The first-order valence-corrected chi connectivity index (χ1v) is 7.94. The van der Waals surface area contributed by atoms with E-state index in [1.807, 2.05) is 24.3 Å². The molecule has 0 unspecified atom stereocenters. The molecule has 8 heteroatoms. The average molecular weight is 388 g/mol. The molecule has 1 aromatic heterocycles. The van der Waals surface area contributed by atoms with E-state index in [-0.39, 0.29) is 11.3 Å². The summed E-state index contributed by atoms with van der Waals surface area (Å²) in [5.74, 6) is -0.595. The van der Waals surface area contributed by atoms with E-state index >= 15 is 0 Å². The number of nitrogens with zero attached hydrogens (tertiary/aromatic N) is 4. The number of amides is 1. The van der Waals surface area contributed by atoms with Gasteiger partial charge in [-0.2, -0.15) is 5.10 Å². The van der Waals surface area contributed by atoms with Gasteiger partial charge in [0, 0.05) is 4.47 Å². The number of aromatic nitrogens is 3. The Morgan fingerprint density at radius 1 is 1.33 bits per heavy atom. The molecule has 3 rings (SSSR count). The highest BCUT2D eigenvalue weighted by atomic mass is 79.9. The van der Waals surface area contributed by atoms with E-state index in [4.69, 9.17) is 0 Å². The lowest BCUT2D eigenvalue weighted by atomic mass is 10.2. The summed E-state index contributed by atoms with van der Waals surface area (Å²) in [7, 11) is 0. The number of para-hydroxylation sites is 1. The average Bonchev–Trinajstić information content (AvgIpc) is 2.98. The van der Waals surface area contributed by atoms with Gasteiger partial charge in [-0.3, -0.25) is 4.79 Å². The first-order chi connectivity index (χ1) is 11.5. The zero-order valence-corrected chi connectivity index (χ0v) is 14.4. The third kappa shape index (κ3) is 3.43. The summed E-state index contributed by atoms with van der Waals surface area (Å²) in [6, 6.07) is 12.2. The maximum atomic E-state index is 12.1. The van der Waals surface area contributed by atoms with Crippen molar-refractivity contribution in [3.8, 4) is 5.75 Å². The molecule has 3 aromatic rings. The summed E-state index contributed by atoms with van der Waals surface area (Å²) in [6.07, 6.45) is 0. The molecule has 0 bridgehead atoms. The van der Waals surface area contributed by atoms with Gasteiger partial charge in [0.25, 0.3) is 5.91 Å². The van der Waals surface area contributed by atoms with Gasteiger partial charge >= 0.3 is 0 Å². The number of nitrogens with one attached hydrogen (secondary N) is 1. The van der Waals surface area contributed by atoms with Crippen LogP contribution in [-0.2, 0) is 6.54 Å². The number of hydrogen-bond donors (Lipinski definition) is 2. The van der Waals surface area contributed by atoms with Crippen molar-refractivity contribution in [2.24, 2.45) is 5.10 Å². The molecular formula is C16H14BrN5O2. The number of benzene rings is 2. The maximum absolute atomic E-state index is 12.1. The van der Waals surface area contributed by atoms with Crippen LogP contribution in [-0.4, -0.2) is 31.7 Å². The van der Waals surface area contributed by atoms with Gasteiger partial charge < -0.3 is 5.11 Å². The molecule has 0 atom stereocenters. The number of aromatic hydroxyl groups is 1. The quantitative estimate of drug-likeness (QED) is 0.531. The number of halogens is 1. The number of rotatable bonds is 4. The largest absolute Gasteiger partial charge is 0.507 e. The molecule has 0 spiro atoms. The first kappa shape index (κ1) is 16.1. The zero-order valence-electron chi connectivity index (χ0n) is 12.8. The molecule has 2 N–H and O–H groups in total. The van der Waals surface area contributed by atoms with E-state index in [0.717, 1.165) is 11.0 Å². The molecule has 24 heavy (non-hydrogen) atoms. The van der Waals surface area contributed by atoms with Gasteiger partial charge in [-0.05, 0) is 37.3 Å². The zero-order chi connectivity index (χ0) is 17.1. The van der Waals surface area contributed by atoms with Gasteiger partial charge in [0.05, 0.1) is 23.3 Å². The van der Waals surface area contributed by atoms with Crippen LogP contribution in [0, 0.1) is 0 Å². The summed E-state index contributed by atoms with van der Waals surface area (Å²) in [5.41, 5.74) is 4.92. The van der Waals surface area contributed by atoms with Crippen LogP contribution in [0.1, 0.15) is 17.3 Å². The van der Waals surface area contributed by atoms with Crippen LogP contribution in [0.25, 0.3) is 11.0 Å². The van der Waals surface area contributed by atoms with Crippen molar-refractivity contribution in [3.63, 3.8) is 0 Å². The van der Waals surface area contributed by atoms with E-state index < -0.39 is 5.91 Å². The lowest BCUT2D eigenvalue weighted by molar-refractivity contribution is 0.0952.